The van der Waals surface area contributed by atoms with Crippen LogP contribution in [0.25, 0.3) is 0 Å². The highest BCUT2D eigenvalue weighted by Gasteiger charge is 2.45. The molecule has 2 amide bonds. The predicted molar refractivity (Wildman–Crippen MR) is 111 cm³/mol. The van der Waals surface area contributed by atoms with Crippen LogP contribution in [0.15, 0.2) is 59.5 Å². The number of nitrogens with one attached hydrogen (secondary N) is 2. The standard InChI is InChI=1S/C21H24N4O4S/c22-30(28,29)17-8-6-16(7-9-17)20(27)25-12-10-21(11-13-25)23-18(19(26)24-21)14-15-4-2-1-3-5-15/h1-9,18,23H,10-14H2,(H,24,26)(H2,22,28,29). The molecule has 2 saturated heterocycles. The van der Waals surface area contributed by atoms with E-state index in [0.717, 1.165) is 5.56 Å². The molecule has 2 aromatic carbocycles. The van der Waals surface area contributed by atoms with Crippen molar-refractivity contribution in [1.29, 1.82) is 0 Å². The van der Waals surface area contributed by atoms with E-state index < -0.39 is 15.7 Å². The van der Waals surface area contributed by atoms with Crippen molar-refractivity contribution < 1.29 is 18.0 Å². The minimum Gasteiger partial charge on any atom is -0.338 e. The fourth-order valence-electron chi connectivity index (χ4n) is 4.08. The molecule has 2 aliphatic heterocycles. The van der Waals surface area contributed by atoms with E-state index >= 15 is 0 Å². The van der Waals surface area contributed by atoms with Gasteiger partial charge in [0.1, 0.15) is 0 Å². The minimum atomic E-state index is -3.79. The summed E-state index contributed by atoms with van der Waals surface area (Å²) in [6, 6.07) is 15.2. The van der Waals surface area contributed by atoms with E-state index in [1.807, 2.05) is 30.3 Å². The van der Waals surface area contributed by atoms with Gasteiger partial charge in [0.15, 0.2) is 0 Å². The summed E-state index contributed by atoms with van der Waals surface area (Å²) in [4.78, 5) is 26.9. The molecule has 0 radical (unpaired) electrons. The summed E-state index contributed by atoms with van der Waals surface area (Å²) in [7, 11) is -3.79. The van der Waals surface area contributed by atoms with Crippen LogP contribution in [0.1, 0.15) is 28.8 Å². The van der Waals surface area contributed by atoms with Gasteiger partial charge in [-0.3, -0.25) is 14.9 Å². The zero-order chi connectivity index (χ0) is 21.4. The zero-order valence-electron chi connectivity index (χ0n) is 16.4. The summed E-state index contributed by atoms with van der Waals surface area (Å²) in [6.07, 6.45) is 1.82. The molecule has 0 aliphatic carbocycles. The SMILES string of the molecule is NS(=O)(=O)c1ccc(C(=O)N2CCC3(CC2)NC(=O)C(Cc2ccccc2)N3)cc1. The Kier molecular flexibility index (Phi) is 5.35. The monoisotopic (exact) mass is 428 g/mol. The number of sulfonamides is 1. The second-order valence-electron chi connectivity index (χ2n) is 7.82. The normalized spacial score (nSPS) is 20.9. The average Bonchev–Trinajstić information content (AvgIpc) is 3.03. The van der Waals surface area contributed by atoms with Gasteiger partial charge in [-0.1, -0.05) is 30.3 Å². The van der Waals surface area contributed by atoms with Crippen molar-refractivity contribution in [1.82, 2.24) is 15.5 Å². The number of hydrogen-bond donors (Lipinski definition) is 3. The summed E-state index contributed by atoms with van der Waals surface area (Å²) < 4.78 is 22.7. The van der Waals surface area contributed by atoms with E-state index in [9.17, 15) is 18.0 Å². The molecular weight excluding hydrogens is 404 g/mol. The molecular formula is C21H24N4O4S. The van der Waals surface area contributed by atoms with Crippen LogP contribution in [0, 0.1) is 0 Å². The molecule has 0 saturated carbocycles. The van der Waals surface area contributed by atoms with Crippen LogP contribution in [-0.2, 0) is 21.2 Å². The Morgan fingerprint density at radius 2 is 1.70 bits per heavy atom. The molecule has 1 atom stereocenters. The van der Waals surface area contributed by atoms with Gasteiger partial charge < -0.3 is 10.2 Å². The van der Waals surface area contributed by atoms with Gasteiger partial charge in [0.2, 0.25) is 15.9 Å². The molecule has 1 unspecified atom stereocenters. The van der Waals surface area contributed by atoms with Gasteiger partial charge >= 0.3 is 0 Å². The smallest absolute Gasteiger partial charge is 0.253 e. The number of carbonyl (C=O) groups excluding carboxylic acids is 2. The third-order valence-corrected chi connectivity index (χ3v) is 6.68. The molecule has 2 aromatic rings. The van der Waals surface area contributed by atoms with Gasteiger partial charge in [-0.2, -0.15) is 0 Å². The summed E-state index contributed by atoms with van der Waals surface area (Å²) >= 11 is 0. The maximum atomic E-state index is 12.8. The summed E-state index contributed by atoms with van der Waals surface area (Å²) in [5.74, 6) is -0.187. The second kappa shape index (κ2) is 7.82. The number of rotatable bonds is 4. The van der Waals surface area contributed by atoms with Crippen molar-refractivity contribution in [3.05, 3.63) is 65.7 Å². The lowest BCUT2D eigenvalue weighted by Gasteiger charge is -2.39. The van der Waals surface area contributed by atoms with E-state index in [4.69, 9.17) is 5.14 Å². The maximum absolute atomic E-state index is 12.8. The highest BCUT2D eigenvalue weighted by Crippen LogP contribution is 2.26. The lowest BCUT2D eigenvalue weighted by atomic mass is 9.96. The van der Waals surface area contributed by atoms with Crippen molar-refractivity contribution in [2.45, 2.75) is 35.9 Å². The molecule has 0 aromatic heterocycles. The van der Waals surface area contributed by atoms with E-state index in [0.29, 0.717) is 37.9 Å². The number of hydrogen-bond acceptors (Lipinski definition) is 5. The molecule has 158 valence electrons. The zero-order valence-corrected chi connectivity index (χ0v) is 17.2. The van der Waals surface area contributed by atoms with Crippen LogP contribution < -0.4 is 15.8 Å². The van der Waals surface area contributed by atoms with Gasteiger partial charge in [-0.25, -0.2) is 13.6 Å². The first-order chi connectivity index (χ1) is 14.3. The lowest BCUT2D eigenvalue weighted by Crippen LogP contribution is -2.58. The number of piperidine rings is 1. The Morgan fingerprint density at radius 3 is 2.30 bits per heavy atom. The summed E-state index contributed by atoms with van der Waals surface area (Å²) in [5.41, 5.74) is 1.01. The van der Waals surface area contributed by atoms with Crippen LogP contribution in [-0.4, -0.2) is 49.9 Å². The van der Waals surface area contributed by atoms with Crippen LogP contribution in [0.3, 0.4) is 0 Å². The highest BCUT2D eigenvalue weighted by atomic mass is 32.2. The fourth-order valence-corrected chi connectivity index (χ4v) is 4.60. The van der Waals surface area contributed by atoms with Crippen LogP contribution in [0.2, 0.25) is 0 Å². The van der Waals surface area contributed by atoms with Gasteiger partial charge in [-0.05, 0) is 36.2 Å². The largest absolute Gasteiger partial charge is 0.338 e. The predicted octanol–water partition coefficient (Wildman–Crippen LogP) is 0.597. The first-order valence-electron chi connectivity index (χ1n) is 9.82. The van der Waals surface area contributed by atoms with Crippen LogP contribution in [0.5, 0.6) is 0 Å². The summed E-state index contributed by atoms with van der Waals surface area (Å²) in [6.45, 7) is 0.974. The molecule has 2 heterocycles. The maximum Gasteiger partial charge on any atom is 0.253 e. The lowest BCUT2D eigenvalue weighted by molar-refractivity contribution is -0.121. The van der Waals surface area contributed by atoms with Crippen molar-refractivity contribution in [2.75, 3.05) is 13.1 Å². The van der Waals surface area contributed by atoms with Crippen molar-refractivity contribution >= 4 is 21.8 Å². The van der Waals surface area contributed by atoms with E-state index in [-0.39, 0.29) is 22.8 Å². The molecule has 1 spiro atoms. The third kappa shape index (κ3) is 4.23. The van der Waals surface area contributed by atoms with Crippen LogP contribution in [0.4, 0.5) is 0 Å². The quantitative estimate of drug-likeness (QED) is 0.658. The Hall–Kier alpha value is -2.75. The molecule has 30 heavy (non-hydrogen) atoms. The molecule has 4 N–H and O–H groups in total. The first kappa shape index (κ1) is 20.5. The Morgan fingerprint density at radius 1 is 1.07 bits per heavy atom. The molecule has 2 fully saturated rings. The number of benzene rings is 2. The van der Waals surface area contributed by atoms with Gasteiger partial charge in [0, 0.05) is 31.5 Å². The highest BCUT2D eigenvalue weighted by molar-refractivity contribution is 7.89. The van der Waals surface area contributed by atoms with Gasteiger partial charge in [0.25, 0.3) is 5.91 Å². The van der Waals surface area contributed by atoms with Crippen molar-refractivity contribution in [3.8, 4) is 0 Å². The minimum absolute atomic E-state index is 0.0165. The number of amides is 2. The number of likely N-dealkylation sites (tertiary alicyclic amines) is 1. The van der Waals surface area contributed by atoms with Crippen molar-refractivity contribution in [3.63, 3.8) is 0 Å². The topological polar surface area (TPSA) is 122 Å². The van der Waals surface area contributed by atoms with E-state index in [2.05, 4.69) is 10.6 Å². The van der Waals surface area contributed by atoms with Gasteiger partial charge in [-0.15, -0.1) is 0 Å². The number of nitrogens with two attached hydrogens (primary N) is 1. The Balaban J connectivity index is 1.37. The molecule has 8 nitrogen and oxygen atoms in total. The fraction of sp³-hybridized carbons (Fsp3) is 0.333. The first-order valence-corrected chi connectivity index (χ1v) is 11.4. The summed E-state index contributed by atoms with van der Waals surface area (Å²) in [5, 5.41) is 11.6. The second-order valence-corrected chi connectivity index (χ2v) is 9.38. The Labute approximate surface area is 175 Å². The number of carbonyl (C=O) groups is 2. The van der Waals surface area contributed by atoms with E-state index in [1.54, 1.807) is 4.90 Å². The van der Waals surface area contributed by atoms with E-state index in [1.165, 1.54) is 24.3 Å². The number of nitrogens with zero attached hydrogens (tertiary/aromatic N) is 1. The van der Waals surface area contributed by atoms with Crippen molar-refractivity contribution in [2.24, 2.45) is 5.14 Å². The van der Waals surface area contributed by atoms with Crippen LogP contribution >= 0.6 is 0 Å². The molecule has 2 aliphatic rings. The molecule has 9 heteroatoms. The average molecular weight is 429 g/mol. The molecule has 0 bridgehead atoms. The number of primary sulfonamides is 1. The molecule has 4 rings (SSSR count). The Bertz CT molecular complexity index is 1050. The van der Waals surface area contributed by atoms with Gasteiger partial charge in [0.05, 0.1) is 16.6 Å². The third-order valence-electron chi connectivity index (χ3n) is 5.75.